The van der Waals surface area contributed by atoms with Gasteiger partial charge in [-0.1, -0.05) is 31.6 Å². The SMILES string of the molecule is CC(=O)OC[C@]12CO[C@H](c3cccnc3)[C@H](C(C)=C[C@@H]1C)[C@H]2C. The second-order valence-corrected chi connectivity index (χ2v) is 7.05. The molecule has 5 atom stereocenters. The van der Waals surface area contributed by atoms with E-state index < -0.39 is 0 Å². The Morgan fingerprint density at radius 2 is 2.26 bits per heavy atom. The third kappa shape index (κ3) is 2.69. The molecule has 1 aliphatic carbocycles. The van der Waals surface area contributed by atoms with Crippen molar-refractivity contribution in [3.63, 3.8) is 0 Å². The molecule has 1 fully saturated rings. The van der Waals surface area contributed by atoms with Crippen molar-refractivity contribution in [1.82, 2.24) is 4.98 Å². The average molecular weight is 315 g/mol. The Morgan fingerprint density at radius 3 is 2.91 bits per heavy atom. The summed E-state index contributed by atoms with van der Waals surface area (Å²) in [5.74, 6) is 0.763. The predicted octanol–water partition coefficient (Wildman–Crippen LogP) is 3.55. The molecule has 1 saturated heterocycles. The van der Waals surface area contributed by atoms with Crippen molar-refractivity contribution in [2.45, 2.75) is 33.8 Å². The van der Waals surface area contributed by atoms with Crippen molar-refractivity contribution >= 4 is 5.97 Å². The van der Waals surface area contributed by atoms with Gasteiger partial charge in [-0.15, -0.1) is 0 Å². The molecule has 124 valence electrons. The lowest BCUT2D eigenvalue weighted by atomic mass is 9.56. The molecular weight excluding hydrogens is 290 g/mol. The van der Waals surface area contributed by atoms with Gasteiger partial charge in [-0.2, -0.15) is 0 Å². The smallest absolute Gasteiger partial charge is 0.302 e. The van der Waals surface area contributed by atoms with Gasteiger partial charge >= 0.3 is 5.97 Å². The van der Waals surface area contributed by atoms with Crippen LogP contribution in [0.25, 0.3) is 0 Å². The highest BCUT2D eigenvalue weighted by Gasteiger charge is 2.54. The van der Waals surface area contributed by atoms with Crippen molar-refractivity contribution in [2.75, 3.05) is 13.2 Å². The summed E-state index contributed by atoms with van der Waals surface area (Å²) >= 11 is 0. The first-order chi connectivity index (χ1) is 11.0. The molecule has 2 bridgehead atoms. The minimum atomic E-state index is -0.226. The number of pyridine rings is 1. The Hall–Kier alpha value is -1.68. The predicted molar refractivity (Wildman–Crippen MR) is 87.6 cm³/mol. The van der Waals surface area contributed by atoms with E-state index in [2.05, 4.69) is 37.9 Å². The van der Waals surface area contributed by atoms with Crippen molar-refractivity contribution in [3.05, 3.63) is 41.7 Å². The Bertz CT molecular complexity index is 612. The van der Waals surface area contributed by atoms with E-state index in [1.807, 2.05) is 12.3 Å². The molecular formula is C19H25NO3. The van der Waals surface area contributed by atoms with Crippen LogP contribution in [0.2, 0.25) is 0 Å². The van der Waals surface area contributed by atoms with Crippen LogP contribution >= 0.6 is 0 Å². The molecule has 1 aromatic rings. The van der Waals surface area contributed by atoms with Gasteiger partial charge in [0.1, 0.15) is 0 Å². The lowest BCUT2D eigenvalue weighted by molar-refractivity contribution is -0.180. The zero-order valence-electron chi connectivity index (χ0n) is 14.3. The molecule has 0 spiro atoms. The second kappa shape index (κ2) is 6.08. The Kier molecular flexibility index (Phi) is 4.28. The molecule has 2 aliphatic rings. The molecule has 0 aromatic carbocycles. The fourth-order valence-corrected chi connectivity index (χ4v) is 4.34. The van der Waals surface area contributed by atoms with Crippen LogP contribution in [0.1, 0.15) is 39.4 Å². The van der Waals surface area contributed by atoms with E-state index in [4.69, 9.17) is 9.47 Å². The molecule has 1 aromatic heterocycles. The molecule has 0 N–H and O–H groups in total. The maximum Gasteiger partial charge on any atom is 0.302 e. The first-order valence-corrected chi connectivity index (χ1v) is 8.29. The van der Waals surface area contributed by atoms with Gasteiger partial charge in [-0.3, -0.25) is 9.78 Å². The average Bonchev–Trinajstić information content (AvgIpc) is 2.52. The maximum absolute atomic E-state index is 11.3. The third-order valence-electron chi connectivity index (χ3n) is 5.81. The summed E-state index contributed by atoms with van der Waals surface area (Å²) < 4.78 is 11.7. The molecule has 0 unspecified atom stereocenters. The lowest BCUT2D eigenvalue weighted by Crippen LogP contribution is -2.54. The van der Waals surface area contributed by atoms with Crippen LogP contribution in [-0.2, 0) is 14.3 Å². The van der Waals surface area contributed by atoms with Crippen molar-refractivity contribution in [3.8, 4) is 0 Å². The van der Waals surface area contributed by atoms with Crippen molar-refractivity contribution in [1.29, 1.82) is 0 Å². The first kappa shape index (κ1) is 16.2. The topological polar surface area (TPSA) is 48.4 Å². The highest BCUT2D eigenvalue weighted by molar-refractivity contribution is 5.66. The number of nitrogens with zero attached hydrogens (tertiary/aromatic N) is 1. The molecule has 23 heavy (non-hydrogen) atoms. The molecule has 1 aliphatic heterocycles. The summed E-state index contributed by atoms with van der Waals surface area (Å²) in [6, 6.07) is 4.03. The number of ether oxygens (including phenoxy) is 2. The van der Waals surface area contributed by atoms with Gasteiger partial charge in [-0.25, -0.2) is 0 Å². The zero-order valence-corrected chi connectivity index (χ0v) is 14.3. The van der Waals surface area contributed by atoms with Crippen LogP contribution < -0.4 is 0 Å². The molecule has 4 nitrogen and oxygen atoms in total. The number of allylic oxidation sites excluding steroid dienone is 1. The molecule has 3 rings (SSSR count). The van der Waals surface area contributed by atoms with E-state index in [-0.39, 0.29) is 17.5 Å². The molecule has 0 radical (unpaired) electrons. The van der Waals surface area contributed by atoms with Crippen LogP contribution in [0.4, 0.5) is 0 Å². The fraction of sp³-hybridized carbons (Fsp3) is 0.579. The van der Waals surface area contributed by atoms with E-state index in [9.17, 15) is 4.79 Å². The minimum Gasteiger partial charge on any atom is -0.465 e. The fourth-order valence-electron chi connectivity index (χ4n) is 4.34. The van der Waals surface area contributed by atoms with Crippen LogP contribution in [0.3, 0.4) is 0 Å². The van der Waals surface area contributed by atoms with Gasteiger partial charge in [0.25, 0.3) is 0 Å². The van der Waals surface area contributed by atoms with Crippen LogP contribution in [0.5, 0.6) is 0 Å². The number of fused-ring (bicyclic) bond motifs is 2. The van der Waals surface area contributed by atoms with E-state index in [0.717, 1.165) is 5.56 Å². The standard InChI is InChI=1S/C19H25NO3/c1-12-8-13(2)19(10-22-15(4)21)11-23-18(17(12)14(19)3)16-6-5-7-20-9-16/h5-9,13-14,17-18H,10-11H2,1-4H3/t13-,14+,17+,18+,19-/m0/s1. The van der Waals surface area contributed by atoms with E-state index in [1.165, 1.54) is 12.5 Å². The van der Waals surface area contributed by atoms with Gasteiger partial charge in [0.05, 0.1) is 19.3 Å². The lowest BCUT2D eigenvalue weighted by Gasteiger charge is -2.55. The number of aromatic nitrogens is 1. The summed E-state index contributed by atoms with van der Waals surface area (Å²) in [6.07, 6.45) is 6.03. The summed E-state index contributed by atoms with van der Waals surface area (Å²) in [4.78, 5) is 15.6. The molecule has 4 heteroatoms. The maximum atomic E-state index is 11.3. The van der Waals surface area contributed by atoms with E-state index in [1.54, 1.807) is 6.20 Å². The number of carbonyl (C=O) groups is 1. The normalized spacial score (nSPS) is 36.3. The van der Waals surface area contributed by atoms with Gasteiger partial charge in [-0.05, 0) is 30.4 Å². The van der Waals surface area contributed by atoms with E-state index in [0.29, 0.717) is 31.0 Å². The molecule has 0 saturated carbocycles. The van der Waals surface area contributed by atoms with Crippen LogP contribution in [0.15, 0.2) is 36.2 Å². The molecule has 0 amide bonds. The monoisotopic (exact) mass is 315 g/mol. The van der Waals surface area contributed by atoms with Crippen LogP contribution in [0, 0.1) is 23.2 Å². The number of rotatable bonds is 3. The van der Waals surface area contributed by atoms with Crippen LogP contribution in [-0.4, -0.2) is 24.2 Å². The summed E-state index contributed by atoms with van der Waals surface area (Å²) in [6.45, 7) is 9.15. The largest absolute Gasteiger partial charge is 0.465 e. The van der Waals surface area contributed by atoms with E-state index >= 15 is 0 Å². The quantitative estimate of drug-likeness (QED) is 0.632. The number of hydrogen-bond acceptors (Lipinski definition) is 4. The number of esters is 1. The van der Waals surface area contributed by atoms with Crippen molar-refractivity contribution < 1.29 is 14.3 Å². The summed E-state index contributed by atoms with van der Waals surface area (Å²) in [5.41, 5.74) is 2.33. The van der Waals surface area contributed by atoms with Gasteiger partial charge in [0.2, 0.25) is 0 Å². The Labute approximate surface area is 137 Å². The minimum absolute atomic E-state index is 0.0212. The summed E-state index contributed by atoms with van der Waals surface area (Å²) in [7, 11) is 0. The number of hydrogen-bond donors (Lipinski definition) is 0. The Morgan fingerprint density at radius 1 is 1.48 bits per heavy atom. The third-order valence-corrected chi connectivity index (χ3v) is 5.81. The highest BCUT2D eigenvalue weighted by atomic mass is 16.5. The Balaban J connectivity index is 1.95. The first-order valence-electron chi connectivity index (χ1n) is 8.29. The zero-order chi connectivity index (χ0) is 16.6. The molecule has 2 heterocycles. The van der Waals surface area contributed by atoms with Crippen molar-refractivity contribution in [2.24, 2.45) is 23.2 Å². The highest BCUT2D eigenvalue weighted by Crippen LogP contribution is 2.56. The summed E-state index contributed by atoms with van der Waals surface area (Å²) in [5, 5.41) is 0. The van der Waals surface area contributed by atoms with Gasteiger partial charge < -0.3 is 9.47 Å². The number of carbonyl (C=O) groups excluding carboxylic acids is 1. The van der Waals surface area contributed by atoms with Gasteiger partial charge in [0, 0.05) is 30.7 Å². The second-order valence-electron chi connectivity index (χ2n) is 7.05. The van der Waals surface area contributed by atoms with Gasteiger partial charge in [0.15, 0.2) is 0 Å².